The molecule has 1 N–H and O–H groups in total. The van der Waals surface area contributed by atoms with Crippen molar-refractivity contribution in [3.05, 3.63) is 12.1 Å². The quantitative estimate of drug-likeness (QED) is 0.550. The van der Waals surface area contributed by atoms with Gasteiger partial charge in [-0.2, -0.15) is 0 Å². The van der Waals surface area contributed by atoms with Crippen molar-refractivity contribution in [1.82, 2.24) is 4.90 Å². The average Bonchev–Trinajstić information content (AvgIpc) is 2.70. The summed E-state index contributed by atoms with van der Waals surface area (Å²) in [5.74, 6) is 0.787. The highest BCUT2D eigenvalue weighted by Gasteiger charge is 2.21. The first-order valence-corrected chi connectivity index (χ1v) is 10.5. The second-order valence-electron chi connectivity index (χ2n) is 6.96. The summed E-state index contributed by atoms with van der Waals surface area (Å²) in [4.78, 5) is 16.2. The molecule has 1 heterocycles. The number of nitrogens with one attached hydrogen (secondary N) is 1. The van der Waals surface area contributed by atoms with Crippen LogP contribution in [-0.4, -0.2) is 76.4 Å². The first-order valence-electron chi connectivity index (χ1n) is 10.5. The van der Waals surface area contributed by atoms with E-state index < -0.39 is 13.0 Å². The summed E-state index contributed by atoms with van der Waals surface area (Å²) >= 11 is 0. The molecule has 0 atom stereocenters. The van der Waals surface area contributed by atoms with Gasteiger partial charge < -0.3 is 24.4 Å². The van der Waals surface area contributed by atoms with Gasteiger partial charge in [0.1, 0.15) is 11.5 Å². The molecule has 9 heteroatoms. The molecule has 0 bridgehead atoms. The van der Waals surface area contributed by atoms with Crippen LogP contribution >= 0.6 is 0 Å². The molecular weight excluding hydrogens is 396 g/mol. The van der Waals surface area contributed by atoms with Gasteiger partial charge in [0.15, 0.2) is 0 Å². The number of carbonyl (C=O) groups is 1. The lowest BCUT2D eigenvalue weighted by molar-refractivity contribution is -0.117. The van der Waals surface area contributed by atoms with E-state index in [1.54, 1.807) is 6.07 Å². The van der Waals surface area contributed by atoms with E-state index in [2.05, 4.69) is 10.2 Å². The molecule has 1 saturated heterocycles. The van der Waals surface area contributed by atoms with Crippen molar-refractivity contribution in [2.45, 2.75) is 33.6 Å². The standard InChI is InChI=1S/C21H33F2N3O4/c1-4-7-25(14-20(22)23)15-21(27)24-16-12-19(30-6-3)17(13-18(16)29-5-2)26-8-10-28-11-9-26/h12-13,20H,4-11,14-15H2,1-3H3,(H,24,27). The van der Waals surface area contributed by atoms with Crippen molar-refractivity contribution in [2.24, 2.45) is 0 Å². The molecule has 0 spiro atoms. The highest BCUT2D eigenvalue weighted by Crippen LogP contribution is 2.39. The van der Waals surface area contributed by atoms with Gasteiger partial charge >= 0.3 is 0 Å². The summed E-state index contributed by atoms with van der Waals surface area (Å²) in [7, 11) is 0. The van der Waals surface area contributed by atoms with E-state index in [9.17, 15) is 13.6 Å². The molecule has 0 saturated carbocycles. The van der Waals surface area contributed by atoms with E-state index in [0.29, 0.717) is 56.6 Å². The van der Waals surface area contributed by atoms with Gasteiger partial charge in [-0.25, -0.2) is 8.78 Å². The van der Waals surface area contributed by atoms with Gasteiger partial charge in [0.2, 0.25) is 5.91 Å². The molecule has 1 fully saturated rings. The monoisotopic (exact) mass is 429 g/mol. The van der Waals surface area contributed by atoms with Gasteiger partial charge in [-0.05, 0) is 26.8 Å². The molecule has 7 nitrogen and oxygen atoms in total. The van der Waals surface area contributed by atoms with E-state index in [1.807, 2.05) is 26.8 Å². The van der Waals surface area contributed by atoms with Crippen molar-refractivity contribution in [2.75, 3.05) is 69.4 Å². The van der Waals surface area contributed by atoms with Gasteiger partial charge in [0.05, 0.1) is 50.9 Å². The Morgan fingerprint density at radius 2 is 1.83 bits per heavy atom. The van der Waals surface area contributed by atoms with Crippen LogP contribution in [0, 0.1) is 0 Å². The fourth-order valence-corrected chi connectivity index (χ4v) is 3.38. The molecule has 0 unspecified atom stereocenters. The molecule has 1 aromatic rings. The highest BCUT2D eigenvalue weighted by molar-refractivity contribution is 5.94. The van der Waals surface area contributed by atoms with E-state index >= 15 is 0 Å². The Morgan fingerprint density at radius 3 is 2.43 bits per heavy atom. The molecule has 2 rings (SSSR count). The maximum Gasteiger partial charge on any atom is 0.251 e. The average molecular weight is 430 g/mol. The molecule has 1 amide bonds. The highest BCUT2D eigenvalue weighted by atomic mass is 19.3. The number of benzene rings is 1. The largest absolute Gasteiger partial charge is 0.492 e. The van der Waals surface area contributed by atoms with Crippen LogP contribution in [0.25, 0.3) is 0 Å². The van der Waals surface area contributed by atoms with Crippen LogP contribution in [0.15, 0.2) is 12.1 Å². The predicted molar refractivity (Wildman–Crippen MR) is 113 cm³/mol. The number of hydrogen-bond acceptors (Lipinski definition) is 6. The lowest BCUT2D eigenvalue weighted by Gasteiger charge is -2.31. The molecular formula is C21H33F2N3O4. The Morgan fingerprint density at radius 1 is 1.17 bits per heavy atom. The number of hydrogen-bond donors (Lipinski definition) is 1. The Labute approximate surface area is 177 Å². The Bertz CT molecular complexity index is 670. The number of morpholine rings is 1. The van der Waals surface area contributed by atoms with Crippen LogP contribution in [0.2, 0.25) is 0 Å². The fourth-order valence-electron chi connectivity index (χ4n) is 3.38. The van der Waals surface area contributed by atoms with Crippen molar-refractivity contribution in [1.29, 1.82) is 0 Å². The molecule has 170 valence electrons. The minimum Gasteiger partial charge on any atom is -0.492 e. The second-order valence-corrected chi connectivity index (χ2v) is 6.96. The van der Waals surface area contributed by atoms with Gasteiger partial charge in [0, 0.05) is 25.2 Å². The summed E-state index contributed by atoms with van der Waals surface area (Å²) in [6.45, 7) is 9.15. The normalized spacial score (nSPS) is 14.3. The Kier molecular flexibility index (Phi) is 10.1. The molecule has 0 aromatic heterocycles. The number of anilines is 2. The smallest absolute Gasteiger partial charge is 0.251 e. The summed E-state index contributed by atoms with van der Waals surface area (Å²) in [6.07, 6.45) is -1.80. The maximum atomic E-state index is 12.8. The summed E-state index contributed by atoms with van der Waals surface area (Å²) in [6, 6.07) is 3.60. The topological polar surface area (TPSA) is 63.3 Å². The Hall–Kier alpha value is -2.13. The lowest BCUT2D eigenvalue weighted by Crippen LogP contribution is -2.37. The fraction of sp³-hybridized carbons (Fsp3) is 0.667. The van der Waals surface area contributed by atoms with E-state index in [4.69, 9.17) is 14.2 Å². The SMILES string of the molecule is CCCN(CC(=O)Nc1cc(OCC)c(N2CCOCC2)cc1OCC)CC(F)F. The van der Waals surface area contributed by atoms with E-state index in [-0.39, 0.29) is 12.5 Å². The van der Waals surface area contributed by atoms with Crippen molar-refractivity contribution < 1.29 is 27.8 Å². The summed E-state index contributed by atoms with van der Waals surface area (Å²) in [5, 5.41) is 2.81. The molecule has 1 aromatic carbocycles. The minimum absolute atomic E-state index is 0.112. The van der Waals surface area contributed by atoms with Gasteiger partial charge in [0.25, 0.3) is 6.43 Å². The van der Waals surface area contributed by atoms with Gasteiger partial charge in [-0.15, -0.1) is 0 Å². The maximum absolute atomic E-state index is 12.8. The minimum atomic E-state index is -2.49. The van der Waals surface area contributed by atoms with Crippen LogP contribution in [0.1, 0.15) is 27.2 Å². The molecule has 0 aliphatic carbocycles. The van der Waals surface area contributed by atoms with E-state index in [0.717, 1.165) is 18.8 Å². The Balaban J connectivity index is 2.24. The van der Waals surface area contributed by atoms with Crippen LogP contribution in [-0.2, 0) is 9.53 Å². The zero-order valence-corrected chi connectivity index (χ0v) is 18.1. The molecule has 0 radical (unpaired) electrons. The van der Waals surface area contributed by atoms with Crippen LogP contribution in [0.3, 0.4) is 0 Å². The number of carbonyl (C=O) groups excluding carboxylic acids is 1. The third-order valence-corrected chi connectivity index (χ3v) is 4.59. The first kappa shape index (κ1) is 24.1. The van der Waals surface area contributed by atoms with Crippen LogP contribution in [0.5, 0.6) is 11.5 Å². The lowest BCUT2D eigenvalue weighted by atomic mass is 10.2. The summed E-state index contributed by atoms with van der Waals surface area (Å²) in [5.41, 5.74) is 1.35. The van der Waals surface area contributed by atoms with Crippen molar-refractivity contribution >= 4 is 17.3 Å². The molecule has 30 heavy (non-hydrogen) atoms. The zero-order chi connectivity index (χ0) is 21.9. The van der Waals surface area contributed by atoms with Gasteiger partial charge in [-0.3, -0.25) is 9.69 Å². The molecule has 1 aliphatic rings. The second kappa shape index (κ2) is 12.5. The predicted octanol–water partition coefficient (Wildman–Crippen LogP) is 3.24. The van der Waals surface area contributed by atoms with Gasteiger partial charge in [-0.1, -0.05) is 6.92 Å². The van der Waals surface area contributed by atoms with Crippen LogP contribution in [0.4, 0.5) is 20.2 Å². The zero-order valence-electron chi connectivity index (χ0n) is 18.1. The number of nitrogens with zero attached hydrogens (tertiary/aromatic N) is 2. The third kappa shape index (κ3) is 7.28. The molecule has 1 aliphatic heterocycles. The first-order chi connectivity index (χ1) is 14.5. The number of halogens is 2. The third-order valence-electron chi connectivity index (χ3n) is 4.59. The number of alkyl halides is 2. The van der Waals surface area contributed by atoms with Crippen molar-refractivity contribution in [3.8, 4) is 11.5 Å². The number of rotatable bonds is 12. The number of ether oxygens (including phenoxy) is 3. The van der Waals surface area contributed by atoms with Crippen LogP contribution < -0.4 is 19.7 Å². The van der Waals surface area contributed by atoms with E-state index in [1.165, 1.54) is 4.90 Å². The summed E-state index contributed by atoms with van der Waals surface area (Å²) < 4.78 is 42.6. The van der Waals surface area contributed by atoms with Crippen molar-refractivity contribution in [3.63, 3.8) is 0 Å². The number of amides is 1.